The van der Waals surface area contributed by atoms with Crippen LogP contribution in [0.25, 0.3) is 22.3 Å². The molecule has 0 fully saturated rings. The van der Waals surface area contributed by atoms with Gasteiger partial charge in [-0.3, -0.25) is 4.98 Å². The third kappa shape index (κ3) is 2.45. The third-order valence-corrected chi connectivity index (χ3v) is 3.33. The van der Waals surface area contributed by atoms with Crippen molar-refractivity contribution >= 4 is 23.6 Å². The Hall–Kier alpha value is -2.82. The van der Waals surface area contributed by atoms with E-state index in [1.54, 1.807) is 10.9 Å². The fourth-order valence-electron chi connectivity index (χ4n) is 2.17. The Bertz CT molecular complexity index is 845. The van der Waals surface area contributed by atoms with Gasteiger partial charge in [-0.15, -0.1) is 0 Å². The number of nitrogens with zero attached hydrogens (tertiary/aromatic N) is 5. The molecule has 0 bridgehead atoms. The molecule has 0 radical (unpaired) electrons. The highest BCUT2D eigenvalue weighted by molar-refractivity contribution is 5.84. The van der Waals surface area contributed by atoms with Crippen molar-refractivity contribution in [2.45, 2.75) is 13.8 Å². The molecule has 0 spiro atoms. The van der Waals surface area contributed by atoms with Crippen molar-refractivity contribution < 1.29 is 0 Å². The van der Waals surface area contributed by atoms with Crippen LogP contribution in [-0.2, 0) is 0 Å². The summed E-state index contributed by atoms with van der Waals surface area (Å²) >= 11 is 0. The fourth-order valence-corrected chi connectivity index (χ4v) is 2.17. The molecule has 0 aliphatic rings. The normalized spacial score (nSPS) is 11.8. The average Bonchev–Trinajstić information content (AvgIpc) is 2.87. The van der Waals surface area contributed by atoms with Gasteiger partial charge in [0.1, 0.15) is 5.84 Å². The van der Waals surface area contributed by atoms with E-state index in [1.165, 1.54) is 0 Å². The van der Waals surface area contributed by atoms with Crippen molar-refractivity contribution in [1.82, 2.24) is 14.6 Å². The zero-order valence-corrected chi connectivity index (χ0v) is 12.0. The van der Waals surface area contributed by atoms with Crippen molar-refractivity contribution in [2.75, 3.05) is 0 Å². The Labute approximate surface area is 122 Å². The van der Waals surface area contributed by atoms with E-state index in [1.807, 2.05) is 50.4 Å². The molecule has 3 aromatic rings. The highest BCUT2D eigenvalue weighted by Gasteiger charge is 2.09. The van der Waals surface area contributed by atoms with E-state index in [9.17, 15) is 0 Å². The maximum atomic E-state index is 4.66. The van der Waals surface area contributed by atoms with E-state index in [0.29, 0.717) is 5.84 Å². The molecule has 21 heavy (non-hydrogen) atoms. The quantitative estimate of drug-likeness (QED) is 0.533. The summed E-state index contributed by atoms with van der Waals surface area (Å²) in [5, 5.41) is 4.35. The maximum Gasteiger partial charge on any atom is 0.145 e. The summed E-state index contributed by atoms with van der Waals surface area (Å²) in [6, 6.07) is 9.81. The smallest absolute Gasteiger partial charge is 0.145 e. The molecule has 3 rings (SSSR count). The summed E-state index contributed by atoms with van der Waals surface area (Å²) in [6.07, 6.45) is 3.67. The summed E-state index contributed by atoms with van der Waals surface area (Å²) in [7, 11) is 0. The minimum absolute atomic E-state index is 0.621. The standard InChI is InChI=1S/C16H15N5/c1-11-13(8-10-21(11)20-12(2)17-3)14-6-7-15-16(19-14)5-4-9-18-15/h4-10H,3H2,1-2H3/b20-12-. The van der Waals surface area contributed by atoms with Crippen LogP contribution in [0.4, 0.5) is 0 Å². The Morgan fingerprint density at radius 2 is 2.05 bits per heavy atom. The van der Waals surface area contributed by atoms with E-state index < -0.39 is 0 Å². The number of hydrogen-bond acceptors (Lipinski definition) is 3. The van der Waals surface area contributed by atoms with Gasteiger partial charge in [0, 0.05) is 23.7 Å². The summed E-state index contributed by atoms with van der Waals surface area (Å²) in [5.41, 5.74) is 4.74. The lowest BCUT2D eigenvalue weighted by Gasteiger charge is -2.04. The van der Waals surface area contributed by atoms with Gasteiger partial charge in [-0.2, -0.15) is 5.10 Å². The van der Waals surface area contributed by atoms with Gasteiger partial charge in [0.25, 0.3) is 0 Å². The minimum Gasteiger partial charge on any atom is -0.255 e. The van der Waals surface area contributed by atoms with Gasteiger partial charge in [-0.05, 0) is 50.9 Å². The Kier molecular flexibility index (Phi) is 3.31. The van der Waals surface area contributed by atoms with Gasteiger partial charge in [0.05, 0.1) is 16.7 Å². The summed E-state index contributed by atoms with van der Waals surface area (Å²) in [6.45, 7) is 7.29. The number of amidine groups is 1. The largest absolute Gasteiger partial charge is 0.255 e. The number of rotatable bonds is 2. The van der Waals surface area contributed by atoms with Crippen molar-refractivity contribution in [1.29, 1.82) is 0 Å². The first-order chi connectivity index (χ1) is 10.2. The molecule has 0 unspecified atom stereocenters. The van der Waals surface area contributed by atoms with Gasteiger partial charge in [-0.25, -0.2) is 14.7 Å². The van der Waals surface area contributed by atoms with Crippen molar-refractivity contribution in [3.8, 4) is 11.3 Å². The van der Waals surface area contributed by atoms with Gasteiger partial charge < -0.3 is 0 Å². The second-order valence-electron chi connectivity index (χ2n) is 4.70. The topological polar surface area (TPSA) is 55.4 Å². The molecule has 0 atom stereocenters. The number of aliphatic imine (C=N–C) groups is 1. The van der Waals surface area contributed by atoms with Crippen LogP contribution in [0.2, 0.25) is 0 Å². The summed E-state index contributed by atoms with van der Waals surface area (Å²) < 4.78 is 1.79. The van der Waals surface area contributed by atoms with Crippen molar-refractivity contribution in [3.63, 3.8) is 0 Å². The van der Waals surface area contributed by atoms with Crippen LogP contribution in [0.1, 0.15) is 12.6 Å². The van der Waals surface area contributed by atoms with Crippen molar-refractivity contribution in [2.24, 2.45) is 10.1 Å². The molecule has 5 nitrogen and oxygen atoms in total. The van der Waals surface area contributed by atoms with E-state index in [2.05, 4.69) is 26.8 Å². The van der Waals surface area contributed by atoms with E-state index in [-0.39, 0.29) is 0 Å². The average molecular weight is 277 g/mol. The molecule has 104 valence electrons. The first-order valence-corrected chi connectivity index (χ1v) is 6.61. The van der Waals surface area contributed by atoms with Crippen LogP contribution in [0, 0.1) is 6.92 Å². The summed E-state index contributed by atoms with van der Waals surface area (Å²) in [5.74, 6) is 0.621. The number of fused-ring (bicyclic) bond motifs is 1. The minimum atomic E-state index is 0.621. The fraction of sp³-hybridized carbons (Fsp3) is 0.125. The number of aromatic nitrogens is 3. The molecule has 0 aliphatic carbocycles. The van der Waals surface area contributed by atoms with Crippen LogP contribution in [0.15, 0.2) is 52.8 Å². The van der Waals surface area contributed by atoms with Gasteiger partial charge in [0.15, 0.2) is 0 Å². The SMILES string of the molecule is C=N/C(C)=N\n1ccc(-c2ccc3ncccc3n2)c1C. The van der Waals surface area contributed by atoms with Crippen LogP contribution in [0.5, 0.6) is 0 Å². The molecule has 0 aromatic carbocycles. The molecule has 0 amide bonds. The monoisotopic (exact) mass is 277 g/mol. The lowest BCUT2D eigenvalue weighted by Crippen LogP contribution is -1.96. The van der Waals surface area contributed by atoms with Crippen LogP contribution < -0.4 is 0 Å². The second kappa shape index (κ2) is 5.28. The predicted octanol–water partition coefficient (Wildman–Crippen LogP) is 3.29. The Morgan fingerprint density at radius 3 is 2.86 bits per heavy atom. The van der Waals surface area contributed by atoms with Crippen LogP contribution >= 0.6 is 0 Å². The highest BCUT2D eigenvalue weighted by atomic mass is 15.4. The van der Waals surface area contributed by atoms with E-state index in [0.717, 1.165) is 28.0 Å². The number of hydrogen-bond donors (Lipinski definition) is 0. The molecule has 3 aromatic heterocycles. The molecule has 3 heterocycles. The number of pyridine rings is 2. The van der Waals surface area contributed by atoms with Gasteiger partial charge >= 0.3 is 0 Å². The zero-order valence-electron chi connectivity index (χ0n) is 12.0. The molecular formula is C16H15N5. The molecule has 0 saturated carbocycles. The summed E-state index contributed by atoms with van der Waals surface area (Å²) in [4.78, 5) is 12.7. The lowest BCUT2D eigenvalue weighted by molar-refractivity contribution is 0.844. The van der Waals surface area contributed by atoms with E-state index >= 15 is 0 Å². The Morgan fingerprint density at radius 1 is 1.19 bits per heavy atom. The van der Waals surface area contributed by atoms with Crippen LogP contribution in [0.3, 0.4) is 0 Å². The van der Waals surface area contributed by atoms with Crippen molar-refractivity contribution in [3.05, 3.63) is 48.4 Å². The molecule has 0 saturated heterocycles. The van der Waals surface area contributed by atoms with E-state index in [4.69, 9.17) is 0 Å². The van der Waals surface area contributed by atoms with Gasteiger partial charge in [-0.1, -0.05) is 0 Å². The first kappa shape index (κ1) is 13.2. The lowest BCUT2D eigenvalue weighted by atomic mass is 10.1. The molecule has 0 N–H and O–H groups in total. The first-order valence-electron chi connectivity index (χ1n) is 6.61. The second-order valence-corrected chi connectivity index (χ2v) is 4.70. The Balaban J connectivity index is 2.09. The predicted molar refractivity (Wildman–Crippen MR) is 85.8 cm³/mol. The van der Waals surface area contributed by atoms with Crippen LogP contribution in [-0.4, -0.2) is 27.2 Å². The third-order valence-electron chi connectivity index (χ3n) is 3.33. The molecule has 5 heteroatoms. The van der Waals surface area contributed by atoms with Gasteiger partial charge in [0.2, 0.25) is 0 Å². The maximum absolute atomic E-state index is 4.66. The molecule has 0 aliphatic heterocycles. The highest BCUT2D eigenvalue weighted by Crippen LogP contribution is 2.24. The molecular weight excluding hydrogens is 262 g/mol. The zero-order chi connectivity index (χ0) is 14.8.